The van der Waals surface area contributed by atoms with Crippen LogP contribution in [0.1, 0.15) is 24.0 Å². The highest BCUT2D eigenvalue weighted by Crippen LogP contribution is 2.37. The van der Waals surface area contributed by atoms with E-state index in [2.05, 4.69) is 10.3 Å². The number of thiazole rings is 1. The molecule has 1 aliphatic heterocycles. The van der Waals surface area contributed by atoms with Gasteiger partial charge in [0.25, 0.3) is 5.91 Å². The first kappa shape index (κ1) is 21.9. The number of amides is 2. The normalized spacial score (nSPS) is 15.1. The number of nitrogens with zero attached hydrogens (tertiary/aromatic N) is 2. The minimum atomic E-state index is -0.508. The van der Waals surface area contributed by atoms with Gasteiger partial charge in [-0.2, -0.15) is 0 Å². The standard InChI is InChI=1S/C27H23N3O3S/c1-17-26(32)30(2)22-15-20(13-14-23(22)33-17)21-16-34-27(28-21)29-25(31)24(18-9-5-3-6-10-18)19-11-7-4-8-12-19/h3-17,24H,1-2H3,(H,28,29,31)/t17-/m0/s1. The van der Waals surface area contributed by atoms with Crippen molar-refractivity contribution >= 4 is 34.0 Å². The fourth-order valence-electron chi connectivity index (χ4n) is 4.10. The molecule has 2 amide bonds. The molecule has 0 aliphatic carbocycles. The molecule has 7 heteroatoms. The molecule has 0 radical (unpaired) electrons. The van der Waals surface area contributed by atoms with E-state index >= 15 is 0 Å². The lowest BCUT2D eigenvalue weighted by Gasteiger charge is -2.30. The van der Waals surface area contributed by atoms with E-state index in [0.29, 0.717) is 16.6 Å². The van der Waals surface area contributed by atoms with Crippen LogP contribution in [-0.2, 0) is 9.59 Å². The van der Waals surface area contributed by atoms with Crippen molar-refractivity contribution in [1.29, 1.82) is 0 Å². The van der Waals surface area contributed by atoms with Crippen molar-refractivity contribution in [2.24, 2.45) is 0 Å². The van der Waals surface area contributed by atoms with Crippen LogP contribution < -0.4 is 15.0 Å². The monoisotopic (exact) mass is 469 g/mol. The Morgan fingerprint density at radius 3 is 2.32 bits per heavy atom. The Hall–Kier alpha value is -3.97. The average Bonchev–Trinajstić information content (AvgIpc) is 3.32. The van der Waals surface area contributed by atoms with Gasteiger partial charge in [-0.3, -0.25) is 9.59 Å². The number of anilines is 2. The molecule has 1 N–H and O–H groups in total. The lowest BCUT2D eigenvalue weighted by molar-refractivity contribution is -0.125. The zero-order valence-corrected chi connectivity index (χ0v) is 19.6. The molecule has 0 spiro atoms. The summed E-state index contributed by atoms with van der Waals surface area (Å²) in [5.41, 5.74) is 4.10. The van der Waals surface area contributed by atoms with Gasteiger partial charge in [0.15, 0.2) is 11.2 Å². The topological polar surface area (TPSA) is 71.5 Å². The van der Waals surface area contributed by atoms with Crippen molar-refractivity contribution in [3.63, 3.8) is 0 Å². The predicted octanol–water partition coefficient (Wildman–Crippen LogP) is 5.32. The summed E-state index contributed by atoms with van der Waals surface area (Å²) in [5.74, 6) is -0.0202. The molecular weight excluding hydrogens is 446 g/mol. The first-order chi connectivity index (χ1) is 16.5. The Morgan fingerprint density at radius 2 is 1.68 bits per heavy atom. The van der Waals surface area contributed by atoms with E-state index in [0.717, 1.165) is 22.4 Å². The minimum absolute atomic E-state index is 0.0938. The molecule has 1 atom stereocenters. The van der Waals surface area contributed by atoms with E-state index in [9.17, 15) is 9.59 Å². The first-order valence-electron chi connectivity index (χ1n) is 11.0. The molecule has 0 unspecified atom stereocenters. The molecule has 34 heavy (non-hydrogen) atoms. The maximum absolute atomic E-state index is 13.4. The highest BCUT2D eigenvalue weighted by atomic mass is 32.1. The summed E-state index contributed by atoms with van der Waals surface area (Å²) in [5, 5.41) is 5.40. The molecule has 1 aliphatic rings. The quantitative estimate of drug-likeness (QED) is 0.429. The predicted molar refractivity (Wildman–Crippen MR) is 134 cm³/mol. The molecule has 0 fully saturated rings. The third-order valence-corrected chi connectivity index (χ3v) is 6.62. The number of aromatic nitrogens is 1. The Bertz CT molecular complexity index is 1300. The van der Waals surface area contributed by atoms with Crippen molar-refractivity contribution in [1.82, 2.24) is 4.98 Å². The van der Waals surface area contributed by atoms with Crippen molar-refractivity contribution in [2.45, 2.75) is 18.9 Å². The van der Waals surface area contributed by atoms with Crippen LogP contribution >= 0.6 is 11.3 Å². The number of carbonyl (C=O) groups excluding carboxylic acids is 2. The summed E-state index contributed by atoms with van der Waals surface area (Å²) >= 11 is 1.36. The van der Waals surface area contributed by atoms with Crippen LogP contribution in [0.2, 0.25) is 0 Å². The van der Waals surface area contributed by atoms with Gasteiger partial charge in [0.05, 0.1) is 17.3 Å². The number of nitrogens with one attached hydrogen (secondary N) is 1. The van der Waals surface area contributed by atoms with Gasteiger partial charge in [0.2, 0.25) is 5.91 Å². The van der Waals surface area contributed by atoms with Crippen LogP contribution in [0, 0.1) is 0 Å². The second-order valence-corrected chi connectivity index (χ2v) is 8.98. The fourth-order valence-corrected chi connectivity index (χ4v) is 4.82. The summed E-state index contributed by atoms with van der Waals surface area (Å²) in [4.78, 5) is 31.9. The molecule has 2 heterocycles. The summed E-state index contributed by atoms with van der Waals surface area (Å²) in [6.07, 6.45) is -0.508. The smallest absolute Gasteiger partial charge is 0.267 e. The van der Waals surface area contributed by atoms with Crippen molar-refractivity contribution in [3.8, 4) is 17.0 Å². The molecule has 170 valence electrons. The van der Waals surface area contributed by atoms with Crippen LogP contribution in [0.25, 0.3) is 11.3 Å². The molecule has 4 aromatic rings. The molecule has 1 aromatic heterocycles. The molecule has 0 bridgehead atoms. The summed E-state index contributed by atoms with van der Waals surface area (Å²) in [7, 11) is 1.74. The zero-order chi connectivity index (χ0) is 23.7. The summed E-state index contributed by atoms with van der Waals surface area (Å²) < 4.78 is 5.71. The van der Waals surface area contributed by atoms with Gasteiger partial charge >= 0.3 is 0 Å². The van der Waals surface area contributed by atoms with Crippen molar-refractivity contribution in [3.05, 3.63) is 95.4 Å². The Kier molecular flexibility index (Phi) is 5.86. The maximum atomic E-state index is 13.4. The number of fused-ring (bicyclic) bond motifs is 1. The average molecular weight is 470 g/mol. The number of hydrogen-bond acceptors (Lipinski definition) is 5. The van der Waals surface area contributed by atoms with Gasteiger partial charge in [0, 0.05) is 18.0 Å². The number of ether oxygens (including phenoxy) is 1. The van der Waals surface area contributed by atoms with Crippen molar-refractivity contribution in [2.75, 3.05) is 17.3 Å². The van der Waals surface area contributed by atoms with Crippen LogP contribution in [0.5, 0.6) is 5.75 Å². The molecule has 0 saturated heterocycles. The Balaban J connectivity index is 1.40. The van der Waals surface area contributed by atoms with Gasteiger partial charge in [-0.25, -0.2) is 4.98 Å². The number of benzene rings is 3. The lowest BCUT2D eigenvalue weighted by Crippen LogP contribution is -2.41. The van der Waals surface area contributed by atoms with Gasteiger partial charge in [-0.15, -0.1) is 11.3 Å². The van der Waals surface area contributed by atoms with E-state index in [1.165, 1.54) is 11.3 Å². The van der Waals surface area contributed by atoms with Crippen molar-refractivity contribution < 1.29 is 14.3 Å². The largest absolute Gasteiger partial charge is 0.479 e. The molecule has 5 rings (SSSR count). The zero-order valence-electron chi connectivity index (χ0n) is 18.8. The summed E-state index contributed by atoms with van der Waals surface area (Å²) in [6, 6.07) is 25.1. The van der Waals surface area contributed by atoms with E-state index in [1.807, 2.05) is 84.2 Å². The van der Waals surface area contributed by atoms with E-state index < -0.39 is 12.0 Å². The van der Waals surface area contributed by atoms with E-state index in [4.69, 9.17) is 4.74 Å². The van der Waals surface area contributed by atoms with Gasteiger partial charge in [-0.1, -0.05) is 60.7 Å². The Labute approximate surface area is 201 Å². The van der Waals surface area contributed by atoms with Crippen LogP contribution in [0.4, 0.5) is 10.8 Å². The van der Waals surface area contributed by atoms with Gasteiger partial charge in [-0.05, 0) is 36.2 Å². The van der Waals surface area contributed by atoms with Gasteiger partial charge < -0.3 is 15.0 Å². The van der Waals surface area contributed by atoms with Gasteiger partial charge in [0.1, 0.15) is 5.75 Å². The number of rotatable bonds is 5. The van der Waals surface area contributed by atoms with E-state index in [1.54, 1.807) is 18.9 Å². The highest BCUT2D eigenvalue weighted by molar-refractivity contribution is 7.14. The molecule has 6 nitrogen and oxygen atoms in total. The highest BCUT2D eigenvalue weighted by Gasteiger charge is 2.29. The molecule has 3 aromatic carbocycles. The third kappa shape index (κ3) is 4.18. The maximum Gasteiger partial charge on any atom is 0.267 e. The second-order valence-electron chi connectivity index (χ2n) is 8.12. The molecule has 0 saturated carbocycles. The van der Waals surface area contributed by atoms with Crippen LogP contribution in [0.3, 0.4) is 0 Å². The second kappa shape index (κ2) is 9.11. The first-order valence-corrected chi connectivity index (χ1v) is 11.8. The van der Waals surface area contributed by atoms with Crippen LogP contribution in [0.15, 0.2) is 84.2 Å². The fraction of sp³-hybridized carbons (Fsp3) is 0.148. The number of carbonyl (C=O) groups is 2. The van der Waals surface area contributed by atoms with E-state index in [-0.39, 0.29) is 11.8 Å². The third-order valence-electron chi connectivity index (χ3n) is 5.86. The lowest BCUT2D eigenvalue weighted by atomic mass is 9.90. The summed E-state index contributed by atoms with van der Waals surface area (Å²) in [6.45, 7) is 1.74. The molecular formula is C27H23N3O3S. The Morgan fingerprint density at radius 1 is 1.03 bits per heavy atom. The number of likely N-dealkylation sites (N-methyl/N-ethyl adjacent to an activating group) is 1. The van der Waals surface area contributed by atoms with Crippen LogP contribution in [-0.4, -0.2) is 29.9 Å². The minimum Gasteiger partial charge on any atom is -0.479 e. The SMILES string of the molecule is C[C@@H]1Oc2ccc(-c3csc(NC(=O)C(c4ccccc4)c4ccccc4)n3)cc2N(C)C1=O. The number of hydrogen-bond donors (Lipinski definition) is 1.